The maximum Gasteiger partial charge on any atom is 0.129 e. The summed E-state index contributed by atoms with van der Waals surface area (Å²) in [6.07, 6.45) is 0. The second-order valence-electron chi connectivity index (χ2n) is 4.13. The van der Waals surface area contributed by atoms with Crippen LogP contribution in [0.4, 0.5) is 5.69 Å². The third-order valence-electron chi connectivity index (χ3n) is 3.02. The summed E-state index contributed by atoms with van der Waals surface area (Å²) in [7, 11) is 0. The Balaban J connectivity index is 1.91. The molecule has 0 aliphatic heterocycles. The average molecular weight is 257 g/mol. The molecule has 0 bridgehead atoms. The zero-order chi connectivity index (χ0) is 12.4. The molecule has 1 aromatic carbocycles. The van der Waals surface area contributed by atoms with Gasteiger partial charge in [0.2, 0.25) is 0 Å². The molecule has 3 rings (SSSR count). The Labute approximate surface area is 110 Å². The maximum atomic E-state index is 4.69. The molecule has 18 heavy (non-hydrogen) atoms. The van der Waals surface area contributed by atoms with Gasteiger partial charge in [-0.05, 0) is 30.5 Å². The topological polar surface area (TPSA) is 29.9 Å². The Kier molecular flexibility index (Phi) is 3.02. The lowest BCUT2D eigenvalue weighted by molar-refractivity contribution is 0.729. The van der Waals surface area contributed by atoms with E-state index in [4.69, 9.17) is 0 Å². The normalized spacial score (nSPS) is 10.9. The average Bonchev–Trinajstić information content (AvgIpc) is 3.03. The lowest BCUT2D eigenvalue weighted by Crippen LogP contribution is -2.07. The minimum Gasteiger partial charge on any atom is -0.377 e. The van der Waals surface area contributed by atoms with Crippen LogP contribution < -0.4 is 5.32 Å². The van der Waals surface area contributed by atoms with Crippen molar-refractivity contribution in [2.45, 2.75) is 20.0 Å². The van der Waals surface area contributed by atoms with Crippen molar-refractivity contribution in [2.24, 2.45) is 0 Å². The highest BCUT2D eigenvalue weighted by Gasteiger charge is 2.08. The summed E-state index contributed by atoms with van der Waals surface area (Å²) in [6, 6.07) is 10.4. The highest BCUT2D eigenvalue weighted by atomic mass is 32.1. The Morgan fingerprint density at radius 2 is 2.17 bits per heavy atom. The van der Waals surface area contributed by atoms with Crippen molar-refractivity contribution in [3.05, 3.63) is 46.9 Å². The van der Waals surface area contributed by atoms with Gasteiger partial charge in [0.05, 0.1) is 17.6 Å². The minimum atomic E-state index is 0.763. The number of para-hydroxylation sites is 2. The quantitative estimate of drug-likeness (QED) is 0.771. The predicted molar refractivity (Wildman–Crippen MR) is 77.1 cm³/mol. The van der Waals surface area contributed by atoms with Crippen LogP contribution in [0.25, 0.3) is 11.0 Å². The first kappa shape index (κ1) is 11.3. The van der Waals surface area contributed by atoms with Crippen molar-refractivity contribution in [2.75, 3.05) is 5.32 Å². The van der Waals surface area contributed by atoms with Gasteiger partial charge in [0.25, 0.3) is 0 Å². The van der Waals surface area contributed by atoms with E-state index in [9.17, 15) is 0 Å². The van der Waals surface area contributed by atoms with E-state index in [1.165, 1.54) is 5.52 Å². The molecule has 0 fully saturated rings. The molecule has 0 unspecified atom stereocenters. The third-order valence-corrected chi connectivity index (χ3v) is 3.70. The molecule has 0 amide bonds. The van der Waals surface area contributed by atoms with E-state index in [0.717, 1.165) is 30.1 Å². The molecule has 0 saturated heterocycles. The monoisotopic (exact) mass is 257 g/mol. The number of fused-ring (bicyclic) bond motifs is 1. The van der Waals surface area contributed by atoms with Gasteiger partial charge in [-0.25, -0.2) is 4.98 Å². The molecule has 0 spiro atoms. The van der Waals surface area contributed by atoms with Crippen LogP contribution in [-0.4, -0.2) is 9.55 Å². The van der Waals surface area contributed by atoms with Gasteiger partial charge >= 0.3 is 0 Å². The standard InChI is InChI=1S/C14H15N3S/c1-2-17-13-6-4-3-5-12(13)16-14(17)9-15-11-7-8-18-10-11/h3-8,10,15H,2,9H2,1H3. The van der Waals surface area contributed by atoms with Gasteiger partial charge < -0.3 is 9.88 Å². The fourth-order valence-electron chi connectivity index (χ4n) is 2.16. The molecule has 92 valence electrons. The van der Waals surface area contributed by atoms with Crippen LogP contribution in [0.3, 0.4) is 0 Å². The van der Waals surface area contributed by atoms with Crippen molar-refractivity contribution < 1.29 is 0 Å². The Hall–Kier alpha value is -1.81. The number of rotatable bonds is 4. The molecule has 0 aliphatic rings. The SMILES string of the molecule is CCn1c(CNc2ccsc2)nc2ccccc21. The van der Waals surface area contributed by atoms with Gasteiger partial charge in [0.1, 0.15) is 5.82 Å². The van der Waals surface area contributed by atoms with Crippen LogP contribution in [0.15, 0.2) is 41.1 Å². The molecule has 0 atom stereocenters. The molecule has 2 heterocycles. The lowest BCUT2D eigenvalue weighted by atomic mass is 10.3. The summed E-state index contributed by atoms with van der Waals surface area (Å²) in [4.78, 5) is 4.69. The zero-order valence-electron chi connectivity index (χ0n) is 10.3. The minimum absolute atomic E-state index is 0.763. The Morgan fingerprint density at radius 3 is 2.94 bits per heavy atom. The van der Waals surface area contributed by atoms with E-state index >= 15 is 0 Å². The molecule has 2 aromatic heterocycles. The number of nitrogens with zero attached hydrogens (tertiary/aromatic N) is 2. The van der Waals surface area contributed by atoms with Crippen LogP contribution in [0.2, 0.25) is 0 Å². The number of hydrogen-bond donors (Lipinski definition) is 1. The summed E-state index contributed by atoms with van der Waals surface area (Å²) in [5.74, 6) is 1.09. The van der Waals surface area contributed by atoms with E-state index in [-0.39, 0.29) is 0 Å². The fourth-order valence-corrected chi connectivity index (χ4v) is 2.77. The predicted octanol–water partition coefficient (Wildman–Crippen LogP) is 3.73. The van der Waals surface area contributed by atoms with Gasteiger partial charge in [0.15, 0.2) is 0 Å². The van der Waals surface area contributed by atoms with Gasteiger partial charge in [-0.2, -0.15) is 11.3 Å². The largest absolute Gasteiger partial charge is 0.377 e. The molecule has 0 saturated carbocycles. The first-order valence-corrected chi connectivity index (χ1v) is 7.03. The van der Waals surface area contributed by atoms with Crippen molar-refractivity contribution in [3.63, 3.8) is 0 Å². The number of aromatic nitrogens is 2. The van der Waals surface area contributed by atoms with E-state index in [2.05, 4.69) is 56.8 Å². The summed E-state index contributed by atoms with van der Waals surface area (Å²) < 4.78 is 2.26. The van der Waals surface area contributed by atoms with Crippen molar-refractivity contribution in [3.8, 4) is 0 Å². The second-order valence-corrected chi connectivity index (χ2v) is 4.91. The summed E-state index contributed by atoms with van der Waals surface area (Å²) in [5, 5.41) is 7.59. The maximum absolute atomic E-state index is 4.69. The van der Waals surface area contributed by atoms with Crippen LogP contribution in [0.5, 0.6) is 0 Å². The van der Waals surface area contributed by atoms with E-state index in [1.54, 1.807) is 11.3 Å². The van der Waals surface area contributed by atoms with Crippen molar-refractivity contribution >= 4 is 28.1 Å². The Bertz CT molecular complexity index is 640. The van der Waals surface area contributed by atoms with Gasteiger partial charge in [-0.3, -0.25) is 0 Å². The zero-order valence-corrected chi connectivity index (χ0v) is 11.1. The van der Waals surface area contributed by atoms with Crippen molar-refractivity contribution in [1.82, 2.24) is 9.55 Å². The van der Waals surface area contributed by atoms with E-state index in [1.807, 2.05) is 6.07 Å². The summed E-state index contributed by atoms with van der Waals surface area (Å²) in [5.41, 5.74) is 3.44. The molecule has 0 radical (unpaired) electrons. The van der Waals surface area contributed by atoms with E-state index in [0.29, 0.717) is 0 Å². The molecule has 0 aliphatic carbocycles. The van der Waals surface area contributed by atoms with Gasteiger partial charge in [-0.15, -0.1) is 0 Å². The molecular weight excluding hydrogens is 242 g/mol. The molecule has 4 heteroatoms. The number of aryl methyl sites for hydroxylation is 1. The highest BCUT2D eigenvalue weighted by molar-refractivity contribution is 7.08. The number of thiophene rings is 1. The fraction of sp³-hybridized carbons (Fsp3) is 0.214. The number of anilines is 1. The first-order valence-electron chi connectivity index (χ1n) is 6.08. The molecule has 1 N–H and O–H groups in total. The lowest BCUT2D eigenvalue weighted by Gasteiger charge is -2.07. The summed E-state index contributed by atoms with van der Waals surface area (Å²) >= 11 is 1.70. The number of imidazole rings is 1. The van der Waals surface area contributed by atoms with Crippen LogP contribution in [0, 0.1) is 0 Å². The third kappa shape index (κ3) is 1.99. The second kappa shape index (κ2) is 4.82. The van der Waals surface area contributed by atoms with E-state index < -0.39 is 0 Å². The van der Waals surface area contributed by atoms with Crippen molar-refractivity contribution in [1.29, 1.82) is 0 Å². The first-order chi connectivity index (χ1) is 8.88. The van der Waals surface area contributed by atoms with Gasteiger partial charge in [0, 0.05) is 17.6 Å². The molecule has 3 aromatic rings. The molecular formula is C14H15N3S. The van der Waals surface area contributed by atoms with Crippen LogP contribution >= 0.6 is 11.3 Å². The number of hydrogen-bond acceptors (Lipinski definition) is 3. The molecule has 3 nitrogen and oxygen atoms in total. The van der Waals surface area contributed by atoms with Gasteiger partial charge in [-0.1, -0.05) is 12.1 Å². The summed E-state index contributed by atoms with van der Waals surface area (Å²) in [6.45, 7) is 3.86. The smallest absolute Gasteiger partial charge is 0.129 e. The van der Waals surface area contributed by atoms with Crippen LogP contribution in [-0.2, 0) is 13.1 Å². The number of benzene rings is 1. The Morgan fingerprint density at radius 1 is 1.28 bits per heavy atom. The number of nitrogens with one attached hydrogen (secondary N) is 1. The van der Waals surface area contributed by atoms with Crippen LogP contribution in [0.1, 0.15) is 12.7 Å². The highest BCUT2D eigenvalue weighted by Crippen LogP contribution is 2.18.